The lowest BCUT2D eigenvalue weighted by molar-refractivity contribution is -0.123. The van der Waals surface area contributed by atoms with Gasteiger partial charge in [-0.1, -0.05) is 45.0 Å². The van der Waals surface area contributed by atoms with Crippen LogP contribution in [0.4, 0.5) is 5.69 Å². The van der Waals surface area contributed by atoms with E-state index in [-0.39, 0.29) is 11.7 Å². The fraction of sp³-hybridized carbons (Fsp3) is 0.300. The fourth-order valence-corrected chi connectivity index (χ4v) is 2.11. The highest BCUT2D eigenvalue weighted by molar-refractivity contribution is 6.10. The van der Waals surface area contributed by atoms with Crippen LogP contribution in [0.3, 0.4) is 0 Å². The first-order valence-corrected chi connectivity index (χ1v) is 7.72. The van der Waals surface area contributed by atoms with E-state index in [2.05, 4.69) is 5.32 Å². The molecular formula is C20H23NO2. The number of hydrogen-bond donors (Lipinski definition) is 1. The quantitative estimate of drug-likeness (QED) is 0.847. The molecule has 0 bridgehead atoms. The number of benzene rings is 2. The number of carbonyl (C=O) groups is 2. The third-order valence-electron chi connectivity index (χ3n) is 3.83. The van der Waals surface area contributed by atoms with Gasteiger partial charge in [-0.3, -0.25) is 9.59 Å². The molecule has 2 aromatic rings. The maximum absolute atomic E-state index is 12.6. The normalized spacial score (nSPS) is 11.2. The maximum atomic E-state index is 12.6. The smallest absolute Gasteiger partial charge is 0.229 e. The van der Waals surface area contributed by atoms with Crippen molar-refractivity contribution in [2.24, 2.45) is 5.41 Å². The molecule has 23 heavy (non-hydrogen) atoms. The Hall–Kier alpha value is -2.42. The van der Waals surface area contributed by atoms with Crippen LogP contribution in [0.15, 0.2) is 42.5 Å². The predicted molar refractivity (Wildman–Crippen MR) is 93.9 cm³/mol. The number of anilines is 1. The van der Waals surface area contributed by atoms with Crippen molar-refractivity contribution in [1.29, 1.82) is 0 Å². The number of carbonyl (C=O) groups excluding carboxylic acids is 2. The molecule has 0 aliphatic heterocycles. The van der Waals surface area contributed by atoms with Gasteiger partial charge in [-0.25, -0.2) is 0 Å². The molecule has 3 nitrogen and oxygen atoms in total. The molecule has 3 heteroatoms. The monoisotopic (exact) mass is 309 g/mol. The van der Waals surface area contributed by atoms with Crippen LogP contribution in [0.5, 0.6) is 0 Å². The standard InChI is InChI=1S/C20H23NO2/c1-13-9-10-16(11-14(13)2)18(22)15-7-6-8-17(12-15)21-19(23)20(3,4)5/h6-12H,1-5H3,(H,21,23). The topological polar surface area (TPSA) is 46.2 Å². The third kappa shape index (κ3) is 4.07. The summed E-state index contributed by atoms with van der Waals surface area (Å²) in [4.78, 5) is 24.7. The number of ketones is 1. The molecular weight excluding hydrogens is 286 g/mol. The van der Waals surface area contributed by atoms with E-state index in [0.29, 0.717) is 16.8 Å². The first-order chi connectivity index (χ1) is 10.7. The summed E-state index contributed by atoms with van der Waals surface area (Å²) in [6.45, 7) is 9.57. The van der Waals surface area contributed by atoms with Gasteiger partial charge < -0.3 is 5.32 Å². The minimum atomic E-state index is -0.478. The molecule has 1 N–H and O–H groups in total. The minimum Gasteiger partial charge on any atom is -0.326 e. The number of amides is 1. The van der Waals surface area contributed by atoms with Crippen molar-refractivity contribution in [3.05, 3.63) is 64.7 Å². The highest BCUT2D eigenvalue weighted by Crippen LogP contribution is 2.20. The van der Waals surface area contributed by atoms with E-state index in [1.54, 1.807) is 24.3 Å². The Labute approximate surface area is 137 Å². The molecule has 0 atom stereocenters. The van der Waals surface area contributed by atoms with E-state index in [1.165, 1.54) is 0 Å². The Bertz CT molecular complexity index is 754. The molecule has 0 saturated carbocycles. The number of hydrogen-bond acceptors (Lipinski definition) is 2. The Morgan fingerprint density at radius 2 is 1.52 bits per heavy atom. The zero-order valence-electron chi connectivity index (χ0n) is 14.4. The summed E-state index contributed by atoms with van der Waals surface area (Å²) in [5.74, 6) is -0.117. The Morgan fingerprint density at radius 1 is 0.870 bits per heavy atom. The lowest BCUT2D eigenvalue weighted by Gasteiger charge is -2.18. The number of aryl methyl sites for hydroxylation is 2. The number of rotatable bonds is 3. The molecule has 0 aliphatic carbocycles. The fourth-order valence-electron chi connectivity index (χ4n) is 2.11. The van der Waals surface area contributed by atoms with Crippen LogP contribution in [0.1, 0.15) is 47.8 Å². The van der Waals surface area contributed by atoms with Gasteiger partial charge in [0.2, 0.25) is 5.91 Å². The zero-order valence-corrected chi connectivity index (χ0v) is 14.4. The Balaban J connectivity index is 2.27. The summed E-state index contributed by atoms with van der Waals surface area (Å²) in [5.41, 5.74) is 3.64. The highest BCUT2D eigenvalue weighted by atomic mass is 16.2. The van der Waals surface area contributed by atoms with Gasteiger partial charge in [-0.2, -0.15) is 0 Å². The van der Waals surface area contributed by atoms with Crippen molar-refractivity contribution in [2.75, 3.05) is 5.32 Å². The SMILES string of the molecule is Cc1ccc(C(=O)c2cccc(NC(=O)C(C)(C)C)c2)cc1C. The summed E-state index contributed by atoms with van der Waals surface area (Å²) in [7, 11) is 0. The molecule has 0 fully saturated rings. The van der Waals surface area contributed by atoms with E-state index >= 15 is 0 Å². The van der Waals surface area contributed by atoms with Crippen molar-refractivity contribution in [3.63, 3.8) is 0 Å². The molecule has 0 aliphatic rings. The van der Waals surface area contributed by atoms with Crippen LogP contribution in [0, 0.1) is 19.3 Å². The molecule has 0 radical (unpaired) electrons. The lowest BCUT2D eigenvalue weighted by Crippen LogP contribution is -2.27. The third-order valence-corrected chi connectivity index (χ3v) is 3.83. The molecule has 120 valence electrons. The van der Waals surface area contributed by atoms with Gasteiger partial charge in [0.1, 0.15) is 0 Å². The van der Waals surface area contributed by atoms with Crippen LogP contribution in [-0.2, 0) is 4.79 Å². The predicted octanol–water partition coefficient (Wildman–Crippen LogP) is 4.52. The molecule has 0 aromatic heterocycles. The van der Waals surface area contributed by atoms with Crippen molar-refractivity contribution in [1.82, 2.24) is 0 Å². The maximum Gasteiger partial charge on any atom is 0.229 e. The first kappa shape index (κ1) is 16.9. The van der Waals surface area contributed by atoms with Gasteiger partial charge in [-0.05, 0) is 43.2 Å². The average molecular weight is 309 g/mol. The molecule has 0 saturated heterocycles. The van der Waals surface area contributed by atoms with Crippen LogP contribution in [0.2, 0.25) is 0 Å². The molecule has 2 rings (SSSR count). The Kier molecular flexibility index (Phi) is 4.69. The molecule has 2 aromatic carbocycles. The average Bonchev–Trinajstić information content (AvgIpc) is 2.48. The summed E-state index contributed by atoms with van der Waals surface area (Å²) < 4.78 is 0. The summed E-state index contributed by atoms with van der Waals surface area (Å²) in [6.07, 6.45) is 0. The summed E-state index contributed by atoms with van der Waals surface area (Å²) >= 11 is 0. The van der Waals surface area contributed by atoms with Gasteiger partial charge >= 0.3 is 0 Å². The van der Waals surface area contributed by atoms with Crippen molar-refractivity contribution in [2.45, 2.75) is 34.6 Å². The van der Waals surface area contributed by atoms with Crippen LogP contribution >= 0.6 is 0 Å². The summed E-state index contributed by atoms with van der Waals surface area (Å²) in [6, 6.07) is 12.8. The molecule has 1 amide bonds. The van der Waals surface area contributed by atoms with Gasteiger partial charge in [0, 0.05) is 22.2 Å². The van der Waals surface area contributed by atoms with E-state index in [9.17, 15) is 9.59 Å². The summed E-state index contributed by atoms with van der Waals surface area (Å²) in [5, 5.41) is 2.86. The van der Waals surface area contributed by atoms with Crippen LogP contribution in [0.25, 0.3) is 0 Å². The number of nitrogens with one attached hydrogen (secondary N) is 1. The van der Waals surface area contributed by atoms with Gasteiger partial charge in [0.05, 0.1) is 0 Å². The Morgan fingerprint density at radius 3 is 2.13 bits per heavy atom. The van der Waals surface area contributed by atoms with Crippen LogP contribution in [-0.4, -0.2) is 11.7 Å². The second kappa shape index (κ2) is 6.37. The first-order valence-electron chi connectivity index (χ1n) is 7.72. The van der Waals surface area contributed by atoms with E-state index in [4.69, 9.17) is 0 Å². The van der Waals surface area contributed by atoms with Gasteiger partial charge in [0.15, 0.2) is 5.78 Å². The molecule has 0 spiro atoms. The lowest BCUT2D eigenvalue weighted by atomic mass is 9.95. The second-order valence-electron chi connectivity index (χ2n) is 6.91. The minimum absolute atomic E-state index is 0.0417. The second-order valence-corrected chi connectivity index (χ2v) is 6.91. The largest absolute Gasteiger partial charge is 0.326 e. The molecule has 0 unspecified atom stereocenters. The van der Waals surface area contributed by atoms with Crippen molar-refractivity contribution in [3.8, 4) is 0 Å². The van der Waals surface area contributed by atoms with Gasteiger partial charge in [-0.15, -0.1) is 0 Å². The van der Waals surface area contributed by atoms with Crippen molar-refractivity contribution < 1.29 is 9.59 Å². The molecule has 0 heterocycles. The highest BCUT2D eigenvalue weighted by Gasteiger charge is 2.21. The van der Waals surface area contributed by atoms with Crippen molar-refractivity contribution >= 4 is 17.4 Å². The zero-order chi connectivity index (χ0) is 17.2. The van der Waals surface area contributed by atoms with Crippen LogP contribution < -0.4 is 5.32 Å². The van der Waals surface area contributed by atoms with Gasteiger partial charge in [0.25, 0.3) is 0 Å². The van der Waals surface area contributed by atoms with E-state index in [1.807, 2.05) is 52.8 Å². The van der Waals surface area contributed by atoms with E-state index < -0.39 is 5.41 Å². The van der Waals surface area contributed by atoms with E-state index in [0.717, 1.165) is 11.1 Å².